The van der Waals surface area contributed by atoms with Gasteiger partial charge in [-0.3, -0.25) is 19.2 Å². The molecule has 2 saturated heterocycles. The number of carboxylic acid groups (broad SMARTS) is 2. The van der Waals surface area contributed by atoms with Crippen LogP contribution in [0.1, 0.15) is 60.2 Å². The van der Waals surface area contributed by atoms with Crippen molar-refractivity contribution >= 4 is 43.4 Å². The maximum Gasteiger partial charge on any atom is 0.325 e. The molecule has 2 fully saturated rings. The fourth-order valence-electron chi connectivity index (χ4n) is 7.13. The Labute approximate surface area is 361 Å². The van der Waals surface area contributed by atoms with Crippen LogP contribution in [0.4, 0.5) is 0 Å². The van der Waals surface area contributed by atoms with Gasteiger partial charge in [0.1, 0.15) is 24.7 Å². The van der Waals surface area contributed by atoms with Gasteiger partial charge in [-0.15, -0.1) is 11.8 Å². The number of carbonyl (C=O) groups is 4. The molecule has 2 aliphatic heterocycles. The summed E-state index contributed by atoms with van der Waals surface area (Å²) in [5.41, 5.74) is 0.966. The number of hydrogen-bond acceptors (Lipinski definition) is 10. The molecule has 4 aromatic carbocycles. The van der Waals surface area contributed by atoms with Gasteiger partial charge in [-0.1, -0.05) is 48.2 Å². The van der Waals surface area contributed by atoms with E-state index >= 15 is 0 Å². The molecule has 6 rings (SSSR count). The normalized spacial score (nSPS) is 15.5. The van der Waals surface area contributed by atoms with Crippen LogP contribution in [0.2, 0.25) is 0 Å². The van der Waals surface area contributed by atoms with Gasteiger partial charge < -0.3 is 29.5 Å². The fraction of sp³-hybridized carbons (Fsp3) is 0.304. The van der Waals surface area contributed by atoms with E-state index in [1.807, 2.05) is 0 Å². The van der Waals surface area contributed by atoms with Crippen molar-refractivity contribution < 1.29 is 55.7 Å². The molecule has 0 bridgehead atoms. The average molecular weight is 883 g/mol. The lowest BCUT2D eigenvalue weighted by Gasteiger charge is -2.38. The molecule has 0 spiro atoms. The van der Waals surface area contributed by atoms with Gasteiger partial charge >= 0.3 is 11.9 Å². The van der Waals surface area contributed by atoms with E-state index < -0.39 is 41.1 Å². The Morgan fingerprint density at radius 3 is 1.11 bits per heavy atom. The number of rotatable bonds is 12. The number of aliphatic carboxylic acids is 2. The Kier molecular flexibility index (Phi) is 15.2. The predicted molar refractivity (Wildman–Crippen MR) is 229 cm³/mol. The van der Waals surface area contributed by atoms with Crippen molar-refractivity contribution in [2.24, 2.45) is 0 Å². The van der Waals surface area contributed by atoms with Crippen LogP contribution in [0.5, 0.6) is 11.5 Å². The molecule has 0 unspecified atom stereocenters. The SMILES string of the molecule is CC#CCOc1ccc(S(=O)(=O)C2(C(=O)O)CCN(C(=O)c3ccccc3)CC2)cc1.CC#CCOc1ccc(S(=O)(=O)C2(C(=O)O)CCN(C(=O)c3ccccc3)CC2)cc1. The first-order valence-electron chi connectivity index (χ1n) is 19.5. The molecule has 0 saturated carbocycles. The van der Waals surface area contributed by atoms with Crippen LogP contribution in [-0.4, -0.2) is 109 Å². The van der Waals surface area contributed by atoms with Gasteiger partial charge in [0.25, 0.3) is 11.8 Å². The first kappa shape index (κ1) is 46.4. The zero-order valence-corrected chi connectivity index (χ0v) is 35.8. The number of ether oxygens (including phenoxy) is 2. The second-order valence-corrected chi connectivity index (χ2v) is 18.8. The van der Waals surface area contributed by atoms with Crippen LogP contribution in [0, 0.1) is 23.7 Å². The van der Waals surface area contributed by atoms with Crippen LogP contribution >= 0.6 is 0 Å². The Morgan fingerprint density at radius 2 is 0.839 bits per heavy atom. The van der Waals surface area contributed by atoms with Crippen molar-refractivity contribution in [3.05, 3.63) is 120 Å². The van der Waals surface area contributed by atoms with E-state index in [0.717, 1.165) is 0 Å². The van der Waals surface area contributed by atoms with E-state index in [-0.39, 0.29) is 86.7 Å². The second kappa shape index (κ2) is 20.3. The number of hydrogen-bond donors (Lipinski definition) is 2. The van der Waals surface area contributed by atoms with Gasteiger partial charge in [0.05, 0.1) is 9.79 Å². The Hall–Kier alpha value is -6.62. The second-order valence-electron chi connectivity index (χ2n) is 14.3. The Morgan fingerprint density at radius 1 is 0.532 bits per heavy atom. The molecule has 16 heteroatoms. The highest BCUT2D eigenvalue weighted by molar-refractivity contribution is 7.94. The minimum Gasteiger partial charge on any atom is -0.481 e. The minimum absolute atomic E-state index is 0.0378. The summed E-state index contributed by atoms with van der Waals surface area (Å²) < 4.78 is 60.1. The Bertz CT molecular complexity index is 2400. The summed E-state index contributed by atoms with van der Waals surface area (Å²) in [7, 11) is -8.40. The highest BCUT2D eigenvalue weighted by Gasteiger charge is 2.55. The van der Waals surface area contributed by atoms with E-state index in [1.165, 1.54) is 58.3 Å². The number of likely N-dealkylation sites (tertiary alicyclic amines) is 2. The first-order chi connectivity index (χ1) is 29.6. The predicted octanol–water partition coefficient (Wildman–Crippen LogP) is 5.24. The van der Waals surface area contributed by atoms with Gasteiger partial charge in [-0.25, -0.2) is 16.8 Å². The summed E-state index contributed by atoms with van der Waals surface area (Å²) in [4.78, 5) is 52.4. The van der Waals surface area contributed by atoms with Crippen molar-refractivity contribution in [2.45, 2.75) is 58.8 Å². The van der Waals surface area contributed by atoms with E-state index in [1.54, 1.807) is 74.5 Å². The van der Waals surface area contributed by atoms with Gasteiger partial charge in [0, 0.05) is 37.3 Å². The molecular weight excluding hydrogens is 837 g/mol. The summed E-state index contributed by atoms with van der Waals surface area (Å²) in [6.07, 6.45) is -0.748. The van der Waals surface area contributed by atoms with Gasteiger partial charge in [0.15, 0.2) is 29.2 Å². The zero-order valence-electron chi connectivity index (χ0n) is 34.2. The first-order valence-corrected chi connectivity index (χ1v) is 22.5. The lowest BCUT2D eigenvalue weighted by molar-refractivity contribution is -0.142. The topological polar surface area (TPSA) is 202 Å². The molecule has 14 nitrogen and oxygen atoms in total. The molecule has 2 aliphatic rings. The standard InChI is InChI=1S/2C23H23NO6S/c2*1-2-3-17-30-19-9-11-20(12-10-19)31(28,29)23(22(26)27)13-15-24(16-14-23)21(25)18-7-5-4-6-8-18/h2*4-12H,13-17H2,1H3,(H,26,27). The molecule has 0 radical (unpaired) electrons. The molecule has 0 aliphatic carbocycles. The number of carbonyl (C=O) groups excluding carboxylic acids is 2. The molecule has 4 aromatic rings. The van der Waals surface area contributed by atoms with E-state index in [0.29, 0.717) is 22.6 Å². The summed E-state index contributed by atoms with van der Waals surface area (Å²) in [6, 6.07) is 28.5. The molecule has 2 N–H and O–H groups in total. The van der Waals surface area contributed by atoms with Crippen molar-refractivity contribution in [2.75, 3.05) is 39.4 Å². The van der Waals surface area contributed by atoms with Gasteiger partial charge in [-0.05, 0) is 112 Å². The third-order valence-electron chi connectivity index (χ3n) is 10.8. The number of nitrogens with zero attached hydrogens (tertiary/aromatic N) is 2. The smallest absolute Gasteiger partial charge is 0.325 e. The van der Waals surface area contributed by atoms with Crippen LogP contribution in [0.15, 0.2) is 119 Å². The minimum atomic E-state index is -4.20. The third kappa shape index (κ3) is 9.94. The zero-order chi connectivity index (χ0) is 45.0. The van der Waals surface area contributed by atoms with Crippen LogP contribution < -0.4 is 9.47 Å². The molecule has 2 amide bonds. The lowest BCUT2D eigenvalue weighted by Crippen LogP contribution is -2.55. The van der Waals surface area contributed by atoms with Crippen LogP contribution in [-0.2, 0) is 29.3 Å². The summed E-state index contributed by atoms with van der Waals surface area (Å²) in [6.45, 7) is 3.87. The third-order valence-corrected chi connectivity index (χ3v) is 15.8. The number of amides is 2. The highest BCUT2D eigenvalue weighted by atomic mass is 32.2. The number of piperidine rings is 2. The fourth-order valence-corrected chi connectivity index (χ4v) is 10.9. The number of sulfone groups is 2. The number of benzene rings is 4. The maximum atomic E-state index is 13.3. The molecule has 0 aromatic heterocycles. The highest BCUT2D eigenvalue weighted by Crippen LogP contribution is 2.38. The quantitative estimate of drug-likeness (QED) is 0.176. The van der Waals surface area contributed by atoms with Gasteiger partial charge in [0.2, 0.25) is 0 Å². The largest absolute Gasteiger partial charge is 0.481 e. The van der Waals surface area contributed by atoms with E-state index in [9.17, 15) is 46.2 Å². The molecule has 62 heavy (non-hydrogen) atoms. The molecular formula is C46H46N2O12S2. The van der Waals surface area contributed by atoms with Crippen molar-refractivity contribution in [3.63, 3.8) is 0 Å². The van der Waals surface area contributed by atoms with Crippen molar-refractivity contribution in [1.29, 1.82) is 0 Å². The molecule has 324 valence electrons. The van der Waals surface area contributed by atoms with Crippen molar-refractivity contribution in [1.82, 2.24) is 9.80 Å². The Balaban J connectivity index is 0.000000234. The maximum absolute atomic E-state index is 13.3. The average Bonchev–Trinajstić information content (AvgIpc) is 3.29. The molecule has 2 heterocycles. The number of carboxylic acids is 2. The van der Waals surface area contributed by atoms with Crippen LogP contribution in [0.25, 0.3) is 0 Å². The van der Waals surface area contributed by atoms with E-state index in [4.69, 9.17) is 9.47 Å². The monoisotopic (exact) mass is 882 g/mol. The van der Waals surface area contributed by atoms with Crippen LogP contribution in [0.3, 0.4) is 0 Å². The molecule has 0 atom stereocenters. The summed E-state index contributed by atoms with van der Waals surface area (Å²) in [5.74, 6) is 8.45. The van der Waals surface area contributed by atoms with E-state index in [2.05, 4.69) is 23.7 Å². The van der Waals surface area contributed by atoms with Gasteiger partial charge in [-0.2, -0.15) is 0 Å². The summed E-state index contributed by atoms with van der Waals surface area (Å²) >= 11 is 0. The van der Waals surface area contributed by atoms with Crippen molar-refractivity contribution in [3.8, 4) is 35.2 Å². The lowest BCUT2D eigenvalue weighted by atomic mass is 9.95. The summed E-state index contributed by atoms with van der Waals surface area (Å²) in [5, 5.41) is 19.8.